The van der Waals surface area contributed by atoms with Gasteiger partial charge in [0.2, 0.25) is 5.91 Å². The highest BCUT2D eigenvalue weighted by Gasteiger charge is 2.27. The second-order valence-corrected chi connectivity index (χ2v) is 8.69. The zero-order valence-corrected chi connectivity index (χ0v) is 18.6. The fourth-order valence-corrected chi connectivity index (χ4v) is 5.30. The summed E-state index contributed by atoms with van der Waals surface area (Å²) in [6.45, 7) is 0. The molecule has 3 aromatic rings. The molecule has 156 valence electrons. The SMILES string of the molecule is COc1ccc(OC)c(NC(=O)CC2CSc3cc(Br)cc4[nH]c(=O)c(=O)n2c34)c1. The average Bonchev–Trinajstić information content (AvgIpc) is 2.72. The highest BCUT2D eigenvalue weighted by Crippen LogP contribution is 2.38. The first-order valence-electron chi connectivity index (χ1n) is 9.04. The van der Waals surface area contributed by atoms with Gasteiger partial charge in [-0.05, 0) is 24.3 Å². The van der Waals surface area contributed by atoms with Gasteiger partial charge in [-0.25, -0.2) is 0 Å². The first-order chi connectivity index (χ1) is 14.4. The average molecular weight is 492 g/mol. The van der Waals surface area contributed by atoms with E-state index < -0.39 is 17.2 Å². The first kappa shape index (κ1) is 20.5. The summed E-state index contributed by atoms with van der Waals surface area (Å²) in [5.74, 6) is 1.26. The van der Waals surface area contributed by atoms with Gasteiger partial charge in [-0.3, -0.25) is 19.0 Å². The molecule has 8 nitrogen and oxygen atoms in total. The van der Waals surface area contributed by atoms with Crippen LogP contribution < -0.4 is 25.9 Å². The normalized spacial score (nSPS) is 15.1. The Labute approximate surface area is 183 Å². The topological polar surface area (TPSA) is 102 Å². The molecule has 1 amide bonds. The van der Waals surface area contributed by atoms with Crippen LogP contribution in [-0.4, -0.2) is 35.4 Å². The molecule has 0 radical (unpaired) electrons. The maximum absolute atomic E-state index is 12.8. The maximum atomic E-state index is 12.8. The third-order valence-electron chi connectivity index (χ3n) is 4.84. The molecule has 0 saturated heterocycles. The number of nitrogens with zero attached hydrogens (tertiary/aromatic N) is 1. The number of amides is 1. The van der Waals surface area contributed by atoms with Crippen LogP contribution in [0.4, 0.5) is 5.69 Å². The van der Waals surface area contributed by atoms with Crippen molar-refractivity contribution < 1.29 is 14.3 Å². The van der Waals surface area contributed by atoms with Crippen LogP contribution in [0.15, 0.2) is 49.3 Å². The van der Waals surface area contributed by atoms with Gasteiger partial charge in [-0.15, -0.1) is 11.8 Å². The number of anilines is 1. The number of ether oxygens (including phenoxy) is 2. The molecule has 1 aliphatic rings. The summed E-state index contributed by atoms with van der Waals surface area (Å²) in [5, 5.41) is 2.82. The smallest absolute Gasteiger partial charge is 0.317 e. The minimum absolute atomic E-state index is 0.0291. The molecule has 4 rings (SSSR count). The zero-order valence-electron chi connectivity index (χ0n) is 16.2. The van der Waals surface area contributed by atoms with E-state index in [0.29, 0.717) is 34.0 Å². The van der Waals surface area contributed by atoms with Crippen molar-refractivity contribution in [2.75, 3.05) is 25.3 Å². The van der Waals surface area contributed by atoms with E-state index in [1.54, 1.807) is 36.0 Å². The van der Waals surface area contributed by atoms with Gasteiger partial charge in [-0.1, -0.05) is 15.9 Å². The Morgan fingerprint density at radius 1 is 1.27 bits per heavy atom. The molecule has 10 heteroatoms. The van der Waals surface area contributed by atoms with E-state index in [4.69, 9.17) is 9.47 Å². The lowest BCUT2D eigenvalue weighted by atomic mass is 10.1. The molecule has 0 fully saturated rings. The number of hydrogen-bond acceptors (Lipinski definition) is 6. The lowest BCUT2D eigenvalue weighted by molar-refractivity contribution is -0.116. The van der Waals surface area contributed by atoms with Crippen molar-refractivity contribution in [2.45, 2.75) is 17.4 Å². The van der Waals surface area contributed by atoms with Crippen LogP contribution in [-0.2, 0) is 4.79 Å². The van der Waals surface area contributed by atoms with Crippen molar-refractivity contribution in [3.8, 4) is 11.5 Å². The van der Waals surface area contributed by atoms with Crippen LogP contribution >= 0.6 is 27.7 Å². The highest BCUT2D eigenvalue weighted by molar-refractivity contribution is 9.10. The number of halogens is 1. The Balaban J connectivity index is 1.68. The van der Waals surface area contributed by atoms with Gasteiger partial charge in [-0.2, -0.15) is 0 Å². The Morgan fingerprint density at radius 2 is 2.07 bits per heavy atom. The van der Waals surface area contributed by atoms with Crippen molar-refractivity contribution in [1.29, 1.82) is 0 Å². The summed E-state index contributed by atoms with van der Waals surface area (Å²) >= 11 is 4.97. The second kappa shape index (κ2) is 8.19. The number of methoxy groups -OCH3 is 2. The molecule has 2 N–H and O–H groups in total. The summed E-state index contributed by atoms with van der Waals surface area (Å²) < 4.78 is 12.7. The molecule has 1 aliphatic heterocycles. The summed E-state index contributed by atoms with van der Waals surface area (Å²) in [5.41, 5.74) is 0.284. The predicted octanol–water partition coefficient (Wildman–Crippen LogP) is 3.15. The third-order valence-corrected chi connectivity index (χ3v) is 6.47. The van der Waals surface area contributed by atoms with Crippen molar-refractivity contribution in [2.24, 2.45) is 0 Å². The van der Waals surface area contributed by atoms with Crippen LogP contribution in [0, 0.1) is 0 Å². The monoisotopic (exact) mass is 491 g/mol. The molecule has 2 heterocycles. The fourth-order valence-electron chi connectivity index (χ4n) is 3.50. The van der Waals surface area contributed by atoms with E-state index >= 15 is 0 Å². The molecule has 1 atom stereocenters. The molecule has 1 aromatic heterocycles. The molecule has 0 saturated carbocycles. The van der Waals surface area contributed by atoms with E-state index in [9.17, 15) is 14.4 Å². The van der Waals surface area contributed by atoms with E-state index in [2.05, 4.69) is 26.2 Å². The number of aromatic amines is 1. The zero-order chi connectivity index (χ0) is 21.4. The Bertz CT molecular complexity index is 1270. The van der Waals surface area contributed by atoms with Crippen LogP contribution in [0.1, 0.15) is 12.5 Å². The third kappa shape index (κ3) is 3.72. The molecule has 0 spiro atoms. The largest absolute Gasteiger partial charge is 0.497 e. The number of H-pyrrole nitrogens is 1. The molecular weight excluding hydrogens is 474 g/mol. The van der Waals surface area contributed by atoms with Gasteiger partial charge in [0.25, 0.3) is 0 Å². The molecular formula is C20H18BrN3O5S. The number of carbonyl (C=O) groups excluding carboxylic acids is 1. The van der Waals surface area contributed by atoms with Gasteiger partial charge in [0.15, 0.2) is 0 Å². The van der Waals surface area contributed by atoms with E-state index in [0.717, 1.165) is 9.37 Å². The van der Waals surface area contributed by atoms with Crippen molar-refractivity contribution in [1.82, 2.24) is 9.55 Å². The lowest BCUT2D eigenvalue weighted by Gasteiger charge is -2.27. The molecule has 1 unspecified atom stereocenters. The highest BCUT2D eigenvalue weighted by atomic mass is 79.9. The van der Waals surface area contributed by atoms with Crippen LogP contribution in [0.25, 0.3) is 11.0 Å². The van der Waals surface area contributed by atoms with Crippen LogP contribution in [0.3, 0.4) is 0 Å². The Morgan fingerprint density at radius 3 is 2.80 bits per heavy atom. The number of thioether (sulfide) groups is 1. The van der Waals surface area contributed by atoms with Gasteiger partial charge in [0, 0.05) is 27.6 Å². The summed E-state index contributed by atoms with van der Waals surface area (Å²) in [7, 11) is 3.05. The standard InChI is InChI=1S/C20H18BrN3O5S/c1-28-12-3-4-15(29-2)13(8-12)22-17(25)7-11-9-30-16-6-10(21)5-14-18(16)24(11)20(27)19(26)23-14/h3-6,8,11H,7,9H2,1-2H3,(H,22,25)(H,23,26). The minimum atomic E-state index is -0.710. The summed E-state index contributed by atoms with van der Waals surface area (Å²) in [6, 6.07) is 8.28. The van der Waals surface area contributed by atoms with Crippen LogP contribution in [0.5, 0.6) is 11.5 Å². The second-order valence-electron chi connectivity index (χ2n) is 6.71. The summed E-state index contributed by atoms with van der Waals surface area (Å²) in [4.78, 5) is 41.1. The maximum Gasteiger partial charge on any atom is 0.317 e. The lowest BCUT2D eigenvalue weighted by Crippen LogP contribution is -2.41. The summed E-state index contributed by atoms with van der Waals surface area (Å²) in [6.07, 6.45) is 0.0291. The van der Waals surface area contributed by atoms with Crippen molar-refractivity contribution in [3.63, 3.8) is 0 Å². The van der Waals surface area contributed by atoms with Gasteiger partial charge >= 0.3 is 11.1 Å². The Kier molecular flexibility index (Phi) is 5.61. The molecule has 30 heavy (non-hydrogen) atoms. The minimum Gasteiger partial charge on any atom is -0.497 e. The van der Waals surface area contributed by atoms with Gasteiger partial charge in [0.05, 0.1) is 37.0 Å². The fraction of sp³-hybridized carbons (Fsp3) is 0.250. The van der Waals surface area contributed by atoms with Crippen molar-refractivity contribution in [3.05, 3.63) is 55.5 Å². The number of hydrogen-bond donors (Lipinski definition) is 2. The van der Waals surface area contributed by atoms with E-state index in [-0.39, 0.29) is 12.3 Å². The number of benzene rings is 2. The van der Waals surface area contributed by atoms with E-state index in [1.807, 2.05) is 6.07 Å². The van der Waals surface area contributed by atoms with Crippen molar-refractivity contribution >= 4 is 50.3 Å². The number of aromatic nitrogens is 2. The number of carbonyl (C=O) groups is 1. The quantitative estimate of drug-likeness (QED) is 0.531. The van der Waals surface area contributed by atoms with E-state index in [1.165, 1.54) is 18.8 Å². The molecule has 0 bridgehead atoms. The predicted molar refractivity (Wildman–Crippen MR) is 119 cm³/mol. The number of nitrogens with one attached hydrogen (secondary N) is 2. The molecule has 2 aromatic carbocycles. The van der Waals surface area contributed by atoms with Crippen LogP contribution in [0.2, 0.25) is 0 Å². The first-order valence-corrected chi connectivity index (χ1v) is 10.8. The molecule has 0 aliphatic carbocycles. The van der Waals surface area contributed by atoms with Gasteiger partial charge < -0.3 is 19.8 Å². The van der Waals surface area contributed by atoms with Gasteiger partial charge in [0.1, 0.15) is 11.5 Å². The number of rotatable bonds is 5. The Hall–Kier alpha value is -2.72.